The van der Waals surface area contributed by atoms with Crippen LogP contribution in [0.2, 0.25) is 0 Å². The van der Waals surface area contributed by atoms with Crippen molar-refractivity contribution < 1.29 is 86.2 Å². The summed E-state index contributed by atoms with van der Waals surface area (Å²) >= 11 is 0. The van der Waals surface area contributed by atoms with Crippen LogP contribution in [0, 0.1) is 0 Å². The Hall–Kier alpha value is -2.90. The molecule has 18 heteroatoms. The number of hydrogen-bond donors (Lipinski definition) is 4. The average molecular weight is 1020 g/mol. The molecule has 2 heterocycles. The molecule has 4 N–H and O–H groups in total. The van der Waals surface area contributed by atoms with Crippen LogP contribution in [0.1, 0.15) is 169 Å². The van der Waals surface area contributed by atoms with Crippen molar-refractivity contribution in [3.63, 3.8) is 0 Å². The maximum atomic E-state index is 11.3. The van der Waals surface area contributed by atoms with Crippen LogP contribution < -0.4 is 0 Å². The number of aliphatic imine (C=N–C) groups is 2. The molecule has 67 heavy (non-hydrogen) atoms. The fraction of sp³-hybridized carbons (Fsp3) is 0.714. The number of aliphatic hydroxyl groups is 2. The van der Waals surface area contributed by atoms with Crippen molar-refractivity contribution in [1.82, 2.24) is 0 Å². The van der Waals surface area contributed by atoms with Crippen LogP contribution in [0.15, 0.2) is 34.3 Å². The third kappa shape index (κ3) is 25.0. The van der Waals surface area contributed by atoms with E-state index in [4.69, 9.17) is 20.2 Å². The van der Waals surface area contributed by atoms with Crippen LogP contribution in [0.5, 0.6) is 11.5 Å². The van der Waals surface area contributed by atoms with E-state index in [-0.39, 0.29) is 71.2 Å². The molecule has 2 aromatic rings. The maximum Gasteiger partial charge on any atom is 0.391 e. The molecule has 1 saturated carbocycles. The van der Waals surface area contributed by atoms with Crippen molar-refractivity contribution in [3.8, 4) is 11.5 Å². The largest absolute Gasteiger partial charge is 0.507 e. The van der Waals surface area contributed by atoms with Gasteiger partial charge in [0.15, 0.2) is 0 Å². The van der Waals surface area contributed by atoms with E-state index in [0.717, 1.165) is 47.9 Å². The van der Waals surface area contributed by atoms with E-state index in [9.17, 15) is 49.7 Å². The molecule has 5 rings (SSSR count). The van der Waals surface area contributed by atoms with Crippen LogP contribution in [-0.2, 0) is 47.9 Å². The smallest absolute Gasteiger partial charge is 0.391 e. The average Bonchev–Trinajstić information content (AvgIpc) is 4.07. The van der Waals surface area contributed by atoms with Gasteiger partial charge in [0, 0.05) is 51.5 Å². The Labute approximate surface area is 402 Å². The summed E-state index contributed by atoms with van der Waals surface area (Å²) in [7, 11) is 0. The molecule has 3 fully saturated rings. The van der Waals surface area contributed by atoms with Gasteiger partial charge in [-0.2, -0.15) is 39.5 Å². The molecule has 389 valence electrons. The number of phenolic OH excluding ortho intramolecular Hbond substituents is 2. The molecule has 5 atom stereocenters. The molecule has 3 aliphatic rings. The molecule has 8 nitrogen and oxygen atoms in total. The van der Waals surface area contributed by atoms with E-state index in [1.807, 2.05) is 12.4 Å². The molecule has 0 bridgehead atoms. The van der Waals surface area contributed by atoms with Gasteiger partial charge in [0.25, 0.3) is 0 Å². The minimum Gasteiger partial charge on any atom is -0.507 e. The van der Waals surface area contributed by atoms with Gasteiger partial charge in [0.2, 0.25) is 0 Å². The second-order valence-electron chi connectivity index (χ2n) is 21.1. The van der Waals surface area contributed by atoms with Crippen LogP contribution in [0.25, 0.3) is 0 Å². The summed E-state index contributed by atoms with van der Waals surface area (Å²) in [6.07, 6.45) is -10.2. The second-order valence-corrected chi connectivity index (χ2v) is 21.1. The monoisotopic (exact) mass is 1020 g/mol. The molecule has 0 spiro atoms. The summed E-state index contributed by atoms with van der Waals surface area (Å²) < 4.78 is 110. The van der Waals surface area contributed by atoms with Gasteiger partial charge in [-0.1, -0.05) is 115 Å². The number of halogens is 9. The molecule has 0 aromatic heterocycles. The number of aromatic hydroxyl groups is 2. The third-order valence-corrected chi connectivity index (χ3v) is 10.5. The Balaban J connectivity index is 0.00000130. The van der Waals surface area contributed by atoms with Crippen molar-refractivity contribution in [2.75, 3.05) is 19.8 Å². The number of benzene rings is 2. The zero-order valence-corrected chi connectivity index (χ0v) is 41.2. The van der Waals surface area contributed by atoms with Gasteiger partial charge in [-0.25, -0.2) is 0 Å². The molecule has 1 unspecified atom stereocenters. The summed E-state index contributed by atoms with van der Waals surface area (Å²) in [5.41, 5.74) is 5.39. The standard InChI is InChI=1S/C36H54N2O2.C4H7F3O2.2C4H5F3O.CH4.Co/c1-33(2,3)25-17-23(31(39)27(19-25)35(7,8)9)21-37-29-15-13-14-16-30(29)38-22-24-18-26(34(4,5)6)20-28(32(24)40)36(10,11)12;5-4(6,7)1-3(9)2-8;2*5-4(6,7)1-3-2-8-3;;/h17-22,29-30,39-40H,13-16H2,1-12H3;3,8-9H,1-2H2;2*3H,1-2H2;1H4;/t29-,30-;2*3-;;;/m110.../s1. The number of ether oxygens (including phenoxy) is 2. The molecular weight excluding hydrogens is 942 g/mol. The van der Waals surface area contributed by atoms with Crippen molar-refractivity contribution in [2.45, 2.75) is 206 Å². The zero-order valence-electron chi connectivity index (χ0n) is 40.2. The van der Waals surface area contributed by atoms with Crippen LogP contribution in [0.3, 0.4) is 0 Å². The second kappa shape index (κ2) is 25.3. The predicted octanol–water partition coefficient (Wildman–Crippen LogP) is 12.7. The first-order chi connectivity index (χ1) is 29.3. The van der Waals surface area contributed by atoms with E-state index in [2.05, 4.69) is 117 Å². The molecule has 2 saturated heterocycles. The van der Waals surface area contributed by atoms with Crippen LogP contribution in [0.4, 0.5) is 39.5 Å². The summed E-state index contributed by atoms with van der Waals surface area (Å²) in [5.74, 6) is 0.637. The van der Waals surface area contributed by atoms with Gasteiger partial charge < -0.3 is 29.9 Å². The van der Waals surface area contributed by atoms with Gasteiger partial charge in [-0.3, -0.25) is 9.98 Å². The summed E-state index contributed by atoms with van der Waals surface area (Å²) in [4.78, 5) is 10.1. The first-order valence-corrected chi connectivity index (χ1v) is 21.9. The Bertz CT molecular complexity index is 1740. The fourth-order valence-corrected chi connectivity index (χ4v) is 6.53. The number of hydrogen-bond acceptors (Lipinski definition) is 8. The normalized spacial score (nSPS) is 20.5. The van der Waals surface area contributed by atoms with Crippen molar-refractivity contribution in [2.24, 2.45) is 9.98 Å². The summed E-state index contributed by atoms with van der Waals surface area (Å²) in [5, 5.41) is 38.6. The molecule has 2 aromatic carbocycles. The third-order valence-electron chi connectivity index (χ3n) is 10.5. The van der Waals surface area contributed by atoms with Gasteiger partial charge in [0.1, 0.15) is 11.5 Å². The van der Waals surface area contributed by atoms with E-state index in [0.29, 0.717) is 11.5 Å². The first kappa shape index (κ1) is 64.1. The minimum absolute atomic E-state index is 0. The van der Waals surface area contributed by atoms with E-state index in [1.54, 1.807) is 0 Å². The summed E-state index contributed by atoms with van der Waals surface area (Å²) in [6, 6.07) is 8.53. The molecule has 0 amide bonds. The fourth-order valence-electron chi connectivity index (χ4n) is 6.53. The van der Waals surface area contributed by atoms with Crippen LogP contribution >= 0.6 is 0 Å². The SMILES string of the molecule is C.CC(C)(C)c1cc(C=N[C@@H]2CCCC[C@H]2N=Cc2cc(C(C)(C)C)cc(C(C)(C)C)c2O)c(O)c(C(C)(C)C)c1.FC(F)(F)CC1CO1.FC(F)(F)C[C@H]1CO1.OC[C@H](O)CC(F)(F)F.[Co]. The van der Waals surface area contributed by atoms with E-state index < -0.39 is 62.7 Å². The van der Waals surface area contributed by atoms with Gasteiger partial charge >= 0.3 is 18.5 Å². The Kier molecular flexibility index (Phi) is 24.2. The van der Waals surface area contributed by atoms with E-state index in [1.165, 1.54) is 11.1 Å². The van der Waals surface area contributed by atoms with Crippen molar-refractivity contribution >= 4 is 12.4 Å². The van der Waals surface area contributed by atoms with Gasteiger partial charge in [-0.05, 0) is 57.8 Å². The Morgan fingerprint density at radius 3 is 1.09 bits per heavy atom. The summed E-state index contributed by atoms with van der Waals surface area (Å²) in [6.45, 7) is 25.7. The predicted molar refractivity (Wildman–Crippen MR) is 244 cm³/mol. The topological polar surface area (TPSA) is 131 Å². The number of phenols is 2. The first-order valence-electron chi connectivity index (χ1n) is 21.9. The van der Waals surface area contributed by atoms with Crippen molar-refractivity contribution in [1.29, 1.82) is 0 Å². The van der Waals surface area contributed by atoms with Gasteiger partial charge in [-0.15, -0.1) is 0 Å². The van der Waals surface area contributed by atoms with Crippen molar-refractivity contribution in [3.05, 3.63) is 57.6 Å². The zero-order chi connectivity index (χ0) is 50.1. The number of epoxide rings is 2. The number of rotatable bonds is 8. The Morgan fingerprint density at radius 2 is 0.896 bits per heavy atom. The maximum absolute atomic E-state index is 11.3. The molecule has 2 aliphatic heterocycles. The van der Waals surface area contributed by atoms with E-state index >= 15 is 0 Å². The quantitative estimate of drug-likeness (QED) is 0.118. The Morgan fingerprint density at radius 1 is 0.582 bits per heavy atom. The number of alkyl halides is 9. The van der Waals surface area contributed by atoms with Gasteiger partial charge in [0.05, 0.1) is 69.5 Å². The number of aliphatic hydroxyl groups excluding tert-OH is 2. The minimum atomic E-state index is -4.39. The van der Waals surface area contributed by atoms with Crippen LogP contribution in [-0.4, -0.2) is 102 Å². The molecular formula is C49H75CoF9N2O6. The molecule has 1 radical (unpaired) electrons. The molecule has 1 aliphatic carbocycles. The number of nitrogens with zero attached hydrogens (tertiary/aromatic N) is 2.